The number of carbonyl (C=O) groups is 2. The maximum absolute atomic E-state index is 14.0. The number of hydrogen-bond acceptors (Lipinski definition) is 5. The number of carbonyl (C=O) groups excluding carboxylic acids is 2. The molecule has 0 bridgehead atoms. The predicted molar refractivity (Wildman–Crippen MR) is 141 cm³/mol. The molecule has 2 N–H and O–H groups in total. The lowest BCUT2D eigenvalue weighted by Crippen LogP contribution is -2.54. The van der Waals surface area contributed by atoms with Crippen molar-refractivity contribution in [2.24, 2.45) is 11.7 Å². The van der Waals surface area contributed by atoms with Crippen molar-refractivity contribution >= 4 is 21.7 Å². The van der Waals surface area contributed by atoms with E-state index >= 15 is 0 Å². The van der Waals surface area contributed by atoms with Gasteiger partial charge in [0.2, 0.25) is 11.8 Å². The Morgan fingerprint density at radius 1 is 1.05 bits per heavy atom. The second kappa shape index (κ2) is 11.3. The second-order valence-corrected chi connectivity index (χ2v) is 12.7. The minimum Gasteiger partial charge on any atom is -0.366 e. The maximum atomic E-state index is 14.0. The number of primary amides is 1. The van der Waals surface area contributed by atoms with Crippen LogP contribution in [0.1, 0.15) is 59.5 Å². The molecule has 1 aliphatic carbocycles. The second-order valence-electron chi connectivity index (χ2n) is 10.7. The van der Waals surface area contributed by atoms with E-state index in [1.54, 1.807) is 23.1 Å². The van der Waals surface area contributed by atoms with Crippen molar-refractivity contribution in [3.05, 3.63) is 65.2 Å². The largest absolute Gasteiger partial charge is 0.416 e. The van der Waals surface area contributed by atoms with Gasteiger partial charge >= 0.3 is 6.18 Å². The standard InChI is InChI=1S/C28H34F3N3O4S/c1-33(2)19-13-14-24(18(16-19)17-39(37,38)20-8-4-3-5-9-20)34-15-7-11-22(27(34)36)25-21(26(32)35)10-6-12-23(25)28(29,30)31/h3-6,8-10,12,18-19,22,24H,7,11,13-17H2,1-2H3,(H2,32,35)/t18-,19+,22-,24-/m0/s1. The topological polar surface area (TPSA) is 101 Å². The number of piperidine rings is 1. The van der Waals surface area contributed by atoms with E-state index in [1.165, 1.54) is 18.2 Å². The fourth-order valence-electron chi connectivity index (χ4n) is 6.19. The molecule has 1 saturated heterocycles. The summed E-state index contributed by atoms with van der Waals surface area (Å²) in [5.41, 5.74) is 3.70. The molecule has 1 saturated carbocycles. The van der Waals surface area contributed by atoms with E-state index in [0.717, 1.165) is 18.6 Å². The number of nitrogens with two attached hydrogens (primary N) is 1. The van der Waals surface area contributed by atoms with Crippen molar-refractivity contribution in [2.75, 3.05) is 26.4 Å². The molecular weight excluding hydrogens is 531 g/mol. The number of benzene rings is 2. The van der Waals surface area contributed by atoms with Crippen LogP contribution in [0.2, 0.25) is 0 Å². The summed E-state index contributed by atoms with van der Waals surface area (Å²) in [7, 11) is 0.177. The molecular formula is C28H34F3N3O4S. The van der Waals surface area contributed by atoms with Crippen LogP contribution in [0.25, 0.3) is 0 Å². The summed E-state index contributed by atoms with van der Waals surface area (Å²) in [5.74, 6) is -3.33. The van der Waals surface area contributed by atoms with Crippen molar-refractivity contribution < 1.29 is 31.2 Å². The molecule has 2 fully saturated rings. The Kier molecular flexibility index (Phi) is 8.41. The van der Waals surface area contributed by atoms with Crippen molar-refractivity contribution in [2.45, 2.75) is 61.2 Å². The molecule has 0 radical (unpaired) electrons. The van der Waals surface area contributed by atoms with E-state index in [9.17, 15) is 31.2 Å². The van der Waals surface area contributed by atoms with Crippen molar-refractivity contribution in [3.63, 3.8) is 0 Å². The van der Waals surface area contributed by atoms with Gasteiger partial charge in [0, 0.05) is 24.2 Å². The number of sulfone groups is 1. The summed E-state index contributed by atoms with van der Waals surface area (Å²) in [6.45, 7) is 0.314. The Hall–Kier alpha value is -2.92. The van der Waals surface area contributed by atoms with Gasteiger partial charge in [0.05, 0.1) is 22.1 Å². The van der Waals surface area contributed by atoms with Gasteiger partial charge in [-0.3, -0.25) is 9.59 Å². The van der Waals surface area contributed by atoms with Gasteiger partial charge in [-0.2, -0.15) is 13.2 Å². The lowest BCUT2D eigenvalue weighted by Gasteiger charge is -2.46. The lowest BCUT2D eigenvalue weighted by molar-refractivity contribution is -0.142. The Balaban J connectivity index is 1.70. The number of amides is 2. The van der Waals surface area contributed by atoms with Crippen LogP contribution in [0.4, 0.5) is 13.2 Å². The summed E-state index contributed by atoms with van der Waals surface area (Å²) in [4.78, 5) is 29.9. The highest BCUT2D eigenvalue weighted by Gasteiger charge is 2.45. The Bertz CT molecular complexity index is 1320. The number of hydrogen-bond donors (Lipinski definition) is 1. The monoisotopic (exact) mass is 565 g/mol. The number of rotatable bonds is 7. The minimum absolute atomic E-state index is 0.111. The van der Waals surface area contributed by atoms with Crippen LogP contribution in [0.15, 0.2) is 53.4 Å². The van der Waals surface area contributed by atoms with E-state index in [1.807, 2.05) is 19.0 Å². The van der Waals surface area contributed by atoms with Gasteiger partial charge in [0.1, 0.15) is 0 Å². The molecule has 2 aromatic carbocycles. The first-order chi connectivity index (χ1) is 18.3. The average molecular weight is 566 g/mol. The van der Waals surface area contributed by atoms with Crippen molar-refractivity contribution in [1.29, 1.82) is 0 Å². The molecule has 0 unspecified atom stereocenters. The number of nitrogens with zero attached hydrogens (tertiary/aromatic N) is 2. The number of alkyl halides is 3. The average Bonchev–Trinajstić information content (AvgIpc) is 2.88. The number of halogens is 3. The molecule has 0 aromatic heterocycles. The molecule has 1 heterocycles. The highest BCUT2D eigenvalue weighted by molar-refractivity contribution is 7.91. The first-order valence-electron chi connectivity index (χ1n) is 13.1. The fourth-order valence-corrected chi connectivity index (χ4v) is 7.87. The molecule has 4 atom stereocenters. The van der Waals surface area contributed by atoms with Gasteiger partial charge in [-0.05, 0) is 81.9 Å². The first kappa shape index (κ1) is 29.1. The van der Waals surface area contributed by atoms with Crippen LogP contribution in [-0.2, 0) is 20.8 Å². The first-order valence-corrected chi connectivity index (χ1v) is 14.7. The Morgan fingerprint density at radius 2 is 1.74 bits per heavy atom. The molecule has 2 amide bonds. The number of likely N-dealkylation sites (tertiary alicyclic amines) is 1. The van der Waals surface area contributed by atoms with Gasteiger partial charge < -0.3 is 15.5 Å². The molecule has 4 rings (SSSR count). The molecule has 2 aliphatic rings. The van der Waals surface area contributed by atoms with Gasteiger partial charge in [0.15, 0.2) is 9.84 Å². The van der Waals surface area contributed by atoms with Gasteiger partial charge in [-0.15, -0.1) is 0 Å². The van der Waals surface area contributed by atoms with Crippen molar-refractivity contribution in [1.82, 2.24) is 9.80 Å². The molecule has 1 aliphatic heterocycles. The SMILES string of the molecule is CN(C)[C@@H]1CC[C@H](N2CCC[C@@H](c3c(C(N)=O)cccc3C(F)(F)F)C2=O)[C@H](CS(=O)(=O)c2ccccc2)C1. The Morgan fingerprint density at radius 3 is 2.36 bits per heavy atom. The van der Waals surface area contributed by atoms with Gasteiger partial charge in [-0.1, -0.05) is 24.3 Å². The van der Waals surface area contributed by atoms with Crippen LogP contribution < -0.4 is 5.73 Å². The van der Waals surface area contributed by atoms with E-state index < -0.39 is 51.3 Å². The van der Waals surface area contributed by atoms with E-state index in [4.69, 9.17) is 5.73 Å². The van der Waals surface area contributed by atoms with E-state index in [2.05, 4.69) is 0 Å². The van der Waals surface area contributed by atoms with Crippen LogP contribution >= 0.6 is 0 Å². The summed E-state index contributed by atoms with van der Waals surface area (Å²) in [5, 5.41) is 0. The maximum Gasteiger partial charge on any atom is 0.416 e. The third-order valence-corrected chi connectivity index (χ3v) is 9.94. The van der Waals surface area contributed by atoms with Crippen molar-refractivity contribution in [3.8, 4) is 0 Å². The summed E-state index contributed by atoms with van der Waals surface area (Å²) < 4.78 is 68.7. The van der Waals surface area contributed by atoms with Gasteiger partial charge in [0.25, 0.3) is 0 Å². The quantitative estimate of drug-likeness (QED) is 0.545. The Labute approximate surface area is 227 Å². The summed E-state index contributed by atoms with van der Waals surface area (Å²) in [6.07, 6.45) is -2.43. The van der Waals surface area contributed by atoms with Crippen LogP contribution in [0, 0.1) is 5.92 Å². The van der Waals surface area contributed by atoms with Crippen LogP contribution in [-0.4, -0.2) is 68.5 Å². The normalized spacial score (nSPS) is 24.7. The molecule has 212 valence electrons. The zero-order valence-electron chi connectivity index (χ0n) is 22.0. The third kappa shape index (κ3) is 6.14. The van der Waals surface area contributed by atoms with E-state index in [0.29, 0.717) is 25.8 Å². The zero-order chi connectivity index (χ0) is 28.5. The summed E-state index contributed by atoms with van der Waals surface area (Å²) in [6, 6.07) is 11.0. The molecule has 11 heteroatoms. The zero-order valence-corrected chi connectivity index (χ0v) is 22.8. The molecule has 7 nitrogen and oxygen atoms in total. The smallest absolute Gasteiger partial charge is 0.366 e. The van der Waals surface area contributed by atoms with E-state index in [-0.39, 0.29) is 34.2 Å². The molecule has 39 heavy (non-hydrogen) atoms. The third-order valence-electron chi connectivity index (χ3n) is 8.08. The highest BCUT2D eigenvalue weighted by Crippen LogP contribution is 2.42. The molecule has 2 aromatic rings. The highest BCUT2D eigenvalue weighted by atomic mass is 32.2. The predicted octanol–water partition coefficient (Wildman–Crippen LogP) is 4.08. The minimum atomic E-state index is -4.78. The lowest BCUT2D eigenvalue weighted by atomic mass is 9.78. The fraction of sp³-hybridized carbons (Fsp3) is 0.500. The van der Waals surface area contributed by atoms with Gasteiger partial charge in [-0.25, -0.2) is 8.42 Å². The molecule has 0 spiro atoms. The summed E-state index contributed by atoms with van der Waals surface area (Å²) >= 11 is 0. The van der Waals surface area contributed by atoms with Crippen LogP contribution in [0.3, 0.4) is 0 Å². The van der Waals surface area contributed by atoms with Crippen LogP contribution in [0.5, 0.6) is 0 Å².